The Bertz CT molecular complexity index is 576. The average molecular weight is 285 g/mol. The zero-order valence-electron chi connectivity index (χ0n) is 10.3. The monoisotopic (exact) mass is 284 g/mol. The van der Waals surface area contributed by atoms with E-state index in [4.69, 9.17) is 11.6 Å². The maximum absolute atomic E-state index is 13.5. The first-order chi connectivity index (χ1) is 8.99. The van der Waals surface area contributed by atoms with Crippen LogP contribution in [-0.2, 0) is 6.42 Å². The van der Waals surface area contributed by atoms with Crippen LogP contribution < -0.4 is 0 Å². The van der Waals surface area contributed by atoms with E-state index in [1.807, 2.05) is 0 Å². The molecule has 0 saturated carbocycles. The number of benzene rings is 2. The summed E-state index contributed by atoms with van der Waals surface area (Å²) in [5.41, 5.74) is 1.05. The molecular weight excluding hydrogens is 273 g/mol. The van der Waals surface area contributed by atoms with Gasteiger partial charge in [-0.15, -0.1) is 11.6 Å². The number of halogens is 4. The van der Waals surface area contributed by atoms with Gasteiger partial charge in [0.25, 0.3) is 0 Å². The Morgan fingerprint density at radius 2 is 1.63 bits per heavy atom. The van der Waals surface area contributed by atoms with Crippen molar-refractivity contribution < 1.29 is 13.2 Å². The second kappa shape index (κ2) is 5.66. The maximum Gasteiger partial charge on any atom is 0.129 e. The molecule has 2 aromatic carbocycles. The third kappa shape index (κ3) is 3.10. The highest BCUT2D eigenvalue weighted by Gasteiger charge is 2.16. The molecule has 0 bridgehead atoms. The fraction of sp³-hybridized carbons (Fsp3) is 0.200. The molecule has 0 aliphatic heterocycles. The Morgan fingerprint density at radius 1 is 1.00 bits per heavy atom. The molecule has 19 heavy (non-hydrogen) atoms. The fourth-order valence-electron chi connectivity index (χ4n) is 1.89. The lowest BCUT2D eigenvalue weighted by atomic mass is 10.0. The number of hydrogen-bond acceptors (Lipinski definition) is 0. The van der Waals surface area contributed by atoms with Gasteiger partial charge in [0.15, 0.2) is 0 Å². The molecule has 0 heterocycles. The van der Waals surface area contributed by atoms with Crippen molar-refractivity contribution in [2.75, 3.05) is 0 Å². The van der Waals surface area contributed by atoms with Crippen molar-refractivity contribution in [3.63, 3.8) is 0 Å². The molecule has 0 aromatic heterocycles. The summed E-state index contributed by atoms with van der Waals surface area (Å²) in [6, 6.07) is 8.11. The summed E-state index contributed by atoms with van der Waals surface area (Å²) < 4.78 is 40.2. The minimum atomic E-state index is -0.621. The van der Waals surface area contributed by atoms with E-state index in [-0.39, 0.29) is 17.8 Å². The van der Waals surface area contributed by atoms with E-state index in [2.05, 4.69) is 0 Å². The molecule has 4 heteroatoms. The van der Waals surface area contributed by atoms with Crippen molar-refractivity contribution in [2.24, 2.45) is 0 Å². The minimum absolute atomic E-state index is 0.0190. The molecule has 0 aliphatic rings. The lowest BCUT2D eigenvalue weighted by molar-refractivity contribution is 0.552. The highest BCUT2D eigenvalue weighted by molar-refractivity contribution is 6.20. The van der Waals surface area contributed by atoms with Crippen molar-refractivity contribution >= 4 is 11.6 Å². The normalized spacial score (nSPS) is 12.5. The van der Waals surface area contributed by atoms with Crippen LogP contribution in [0.25, 0.3) is 0 Å². The lowest BCUT2D eigenvalue weighted by Gasteiger charge is -2.12. The van der Waals surface area contributed by atoms with Crippen LogP contribution in [0.3, 0.4) is 0 Å². The number of hydrogen-bond donors (Lipinski definition) is 0. The third-order valence-corrected chi connectivity index (χ3v) is 3.39. The Kier molecular flexibility index (Phi) is 4.15. The first-order valence-corrected chi connectivity index (χ1v) is 6.25. The summed E-state index contributed by atoms with van der Waals surface area (Å²) in [5, 5.41) is -0.606. The smallest absolute Gasteiger partial charge is 0.129 e. The number of alkyl halides is 1. The van der Waals surface area contributed by atoms with Gasteiger partial charge in [-0.25, -0.2) is 13.2 Å². The Balaban J connectivity index is 2.25. The second-order valence-electron chi connectivity index (χ2n) is 4.38. The lowest BCUT2D eigenvalue weighted by Crippen LogP contribution is -2.02. The summed E-state index contributed by atoms with van der Waals surface area (Å²) in [4.78, 5) is 0. The fourth-order valence-corrected chi connectivity index (χ4v) is 2.18. The van der Waals surface area contributed by atoms with E-state index in [9.17, 15) is 13.2 Å². The van der Waals surface area contributed by atoms with Crippen LogP contribution >= 0.6 is 11.6 Å². The standard InChI is InChI=1S/C15H12ClF3/c1-9-7-10(5-6-13(9)17)12(16)8-11-14(18)3-2-4-15(11)19/h2-7,12H,8H2,1H3. The summed E-state index contributed by atoms with van der Waals surface area (Å²) >= 11 is 6.15. The van der Waals surface area contributed by atoms with Gasteiger partial charge >= 0.3 is 0 Å². The minimum Gasteiger partial charge on any atom is -0.207 e. The summed E-state index contributed by atoms with van der Waals surface area (Å²) in [7, 11) is 0. The molecule has 0 N–H and O–H groups in total. The summed E-state index contributed by atoms with van der Waals surface area (Å²) in [6.07, 6.45) is 0.0190. The molecule has 0 radical (unpaired) electrons. The van der Waals surface area contributed by atoms with Crippen LogP contribution in [0.1, 0.15) is 22.1 Å². The van der Waals surface area contributed by atoms with Crippen LogP contribution in [-0.4, -0.2) is 0 Å². The number of aryl methyl sites for hydroxylation is 1. The summed E-state index contributed by atoms with van der Waals surface area (Å²) in [5.74, 6) is -1.57. The van der Waals surface area contributed by atoms with Gasteiger partial charge in [0, 0.05) is 5.56 Å². The molecule has 0 fully saturated rings. The van der Waals surface area contributed by atoms with Crippen molar-refractivity contribution in [2.45, 2.75) is 18.7 Å². The molecule has 2 aromatic rings. The molecule has 0 nitrogen and oxygen atoms in total. The van der Waals surface area contributed by atoms with E-state index in [0.29, 0.717) is 11.1 Å². The Morgan fingerprint density at radius 3 is 2.21 bits per heavy atom. The number of rotatable bonds is 3. The molecule has 0 saturated heterocycles. The highest BCUT2D eigenvalue weighted by atomic mass is 35.5. The molecule has 0 aliphatic carbocycles. The largest absolute Gasteiger partial charge is 0.207 e. The van der Waals surface area contributed by atoms with Gasteiger partial charge in [-0.1, -0.05) is 18.2 Å². The van der Waals surface area contributed by atoms with Gasteiger partial charge < -0.3 is 0 Å². The predicted octanol–water partition coefficient (Wildman–Crippen LogP) is 4.93. The Hall–Kier alpha value is -1.48. The van der Waals surface area contributed by atoms with Gasteiger partial charge in [-0.05, 0) is 42.7 Å². The van der Waals surface area contributed by atoms with Crippen molar-refractivity contribution in [3.05, 3.63) is 70.5 Å². The maximum atomic E-state index is 13.5. The zero-order chi connectivity index (χ0) is 14.0. The molecular formula is C15H12ClF3. The molecule has 0 spiro atoms. The average Bonchev–Trinajstić information content (AvgIpc) is 2.37. The topological polar surface area (TPSA) is 0 Å². The van der Waals surface area contributed by atoms with E-state index in [0.717, 1.165) is 0 Å². The van der Waals surface area contributed by atoms with Crippen LogP contribution in [0.2, 0.25) is 0 Å². The van der Waals surface area contributed by atoms with Crippen molar-refractivity contribution in [3.8, 4) is 0 Å². The van der Waals surface area contributed by atoms with Gasteiger partial charge in [0.05, 0.1) is 5.38 Å². The zero-order valence-corrected chi connectivity index (χ0v) is 11.0. The second-order valence-corrected chi connectivity index (χ2v) is 4.91. The predicted molar refractivity (Wildman–Crippen MR) is 69.8 cm³/mol. The molecule has 1 atom stereocenters. The van der Waals surface area contributed by atoms with E-state index in [1.54, 1.807) is 13.0 Å². The molecule has 2 rings (SSSR count). The van der Waals surface area contributed by atoms with E-state index in [1.165, 1.54) is 30.3 Å². The van der Waals surface area contributed by atoms with E-state index >= 15 is 0 Å². The van der Waals surface area contributed by atoms with Crippen LogP contribution in [0, 0.1) is 24.4 Å². The van der Waals surface area contributed by atoms with Crippen molar-refractivity contribution in [1.29, 1.82) is 0 Å². The summed E-state index contributed by atoms with van der Waals surface area (Å²) in [6.45, 7) is 1.62. The van der Waals surface area contributed by atoms with Gasteiger partial charge in [0.2, 0.25) is 0 Å². The SMILES string of the molecule is Cc1cc(C(Cl)Cc2c(F)cccc2F)ccc1F. The Labute approximate surface area is 114 Å². The quantitative estimate of drug-likeness (QED) is 0.701. The van der Waals surface area contributed by atoms with Gasteiger partial charge in [-0.2, -0.15) is 0 Å². The first kappa shape index (κ1) is 13.9. The van der Waals surface area contributed by atoms with Crippen molar-refractivity contribution in [1.82, 2.24) is 0 Å². The van der Waals surface area contributed by atoms with Gasteiger partial charge in [0.1, 0.15) is 17.5 Å². The van der Waals surface area contributed by atoms with Crippen LogP contribution in [0.5, 0.6) is 0 Å². The molecule has 0 amide bonds. The highest BCUT2D eigenvalue weighted by Crippen LogP contribution is 2.28. The van der Waals surface area contributed by atoms with E-state index < -0.39 is 17.0 Å². The van der Waals surface area contributed by atoms with Crippen LogP contribution in [0.4, 0.5) is 13.2 Å². The van der Waals surface area contributed by atoms with Gasteiger partial charge in [-0.3, -0.25) is 0 Å². The molecule has 1 unspecified atom stereocenters. The molecule has 100 valence electrons. The third-order valence-electron chi connectivity index (χ3n) is 2.99. The van der Waals surface area contributed by atoms with Crippen LogP contribution in [0.15, 0.2) is 36.4 Å². The first-order valence-electron chi connectivity index (χ1n) is 5.82.